The summed E-state index contributed by atoms with van der Waals surface area (Å²) in [6.45, 7) is 13.6. The lowest BCUT2D eigenvalue weighted by atomic mass is 9.86. The summed E-state index contributed by atoms with van der Waals surface area (Å²) >= 11 is 0. The van der Waals surface area contributed by atoms with E-state index in [1.54, 1.807) is 0 Å². The van der Waals surface area contributed by atoms with Crippen molar-refractivity contribution in [2.24, 2.45) is 7.05 Å². The lowest BCUT2D eigenvalue weighted by molar-refractivity contribution is 0.591. The molecule has 0 saturated carbocycles. The summed E-state index contributed by atoms with van der Waals surface area (Å²) in [7, 11) is 2.18. The molecular formula is C21H27N. The predicted octanol–water partition coefficient (Wildman–Crippen LogP) is 5.93. The molecule has 2 aromatic carbocycles. The van der Waals surface area contributed by atoms with Crippen LogP contribution in [0.15, 0.2) is 36.4 Å². The van der Waals surface area contributed by atoms with E-state index >= 15 is 0 Å². The van der Waals surface area contributed by atoms with Crippen molar-refractivity contribution in [1.82, 2.24) is 4.57 Å². The molecule has 3 rings (SSSR count). The summed E-state index contributed by atoms with van der Waals surface area (Å²) in [6, 6.07) is 13.8. The zero-order valence-corrected chi connectivity index (χ0v) is 14.9. The average Bonchev–Trinajstić information content (AvgIpc) is 2.70. The Morgan fingerprint density at radius 3 is 1.32 bits per heavy atom. The smallest absolute Gasteiger partial charge is 0.0491 e. The summed E-state index contributed by atoms with van der Waals surface area (Å²) in [5, 5.41) is 2.71. The van der Waals surface area contributed by atoms with E-state index in [0.29, 0.717) is 0 Å². The molecule has 0 spiro atoms. The van der Waals surface area contributed by atoms with E-state index in [4.69, 9.17) is 0 Å². The van der Waals surface area contributed by atoms with Gasteiger partial charge in [-0.2, -0.15) is 0 Å². The van der Waals surface area contributed by atoms with E-state index in [2.05, 4.69) is 89.6 Å². The largest absolute Gasteiger partial charge is 0.344 e. The molecule has 0 atom stereocenters. The van der Waals surface area contributed by atoms with Gasteiger partial charge < -0.3 is 4.57 Å². The average molecular weight is 293 g/mol. The molecule has 22 heavy (non-hydrogen) atoms. The van der Waals surface area contributed by atoms with Crippen LogP contribution in [0.3, 0.4) is 0 Å². The molecule has 1 nitrogen and oxygen atoms in total. The summed E-state index contributed by atoms with van der Waals surface area (Å²) in [4.78, 5) is 0. The molecule has 116 valence electrons. The third kappa shape index (κ3) is 2.33. The van der Waals surface area contributed by atoms with Gasteiger partial charge in [-0.05, 0) is 34.1 Å². The van der Waals surface area contributed by atoms with E-state index in [1.165, 1.54) is 32.9 Å². The fourth-order valence-corrected chi connectivity index (χ4v) is 3.14. The van der Waals surface area contributed by atoms with Crippen LogP contribution in [0, 0.1) is 0 Å². The van der Waals surface area contributed by atoms with E-state index < -0.39 is 0 Å². The second-order valence-electron chi connectivity index (χ2n) is 8.52. The van der Waals surface area contributed by atoms with Crippen LogP contribution in [0.2, 0.25) is 0 Å². The van der Waals surface area contributed by atoms with Crippen molar-refractivity contribution < 1.29 is 0 Å². The Kier molecular flexibility index (Phi) is 3.18. The van der Waals surface area contributed by atoms with E-state index in [-0.39, 0.29) is 10.8 Å². The Labute approximate surface area is 133 Å². The molecule has 0 fully saturated rings. The fourth-order valence-electron chi connectivity index (χ4n) is 3.14. The molecule has 0 aliphatic heterocycles. The van der Waals surface area contributed by atoms with Gasteiger partial charge in [-0.15, -0.1) is 0 Å². The number of hydrogen-bond acceptors (Lipinski definition) is 0. The Morgan fingerprint density at radius 1 is 0.636 bits per heavy atom. The Balaban J connectivity index is 2.33. The first kappa shape index (κ1) is 15.1. The van der Waals surface area contributed by atoms with E-state index in [9.17, 15) is 0 Å². The van der Waals surface area contributed by atoms with Crippen molar-refractivity contribution in [3.63, 3.8) is 0 Å². The first-order chi connectivity index (χ1) is 10.1. The molecule has 0 aliphatic rings. The van der Waals surface area contributed by atoms with E-state index in [1.807, 2.05) is 0 Å². The van der Waals surface area contributed by atoms with Crippen molar-refractivity contribution >= 4 is 21.8 Å². The molecule has 0 N–H and O–H groups in total. The molecule has 0 bridgehead atoms. The summed E-state index contributed by atoms with van der Waals surface area (Å²) in [5.41, 5.74) is 5.80. The molecule has 1 heterocycles. The quantitative estimate of drug-likeness (QED) is 0.484. The van der Waals surface area contributed by atoms with Gasteiger partial charge in [0.1, 0.15) is 0 Å². The first-order valence-electron chi connectivity index (χ1n) is 8.12. The van der Waals surface area contributed by atoms with Gasteiger partial charge in [0, 0.05) is 28.9 Å². The van der Waals surface area contributed by atoms with Gasteiger partial charge in [-0.3, -0.25) is 0 Å². The number of hydrogen-bond donors (Lipinski definition) is 0. The number of aromatic nitrogens is 1. The molecular weight excluding hydrogens is 266 g/mol. The van der Waals surface area contributed by atoms with Crippen molar-refractivity contribution in [1.29, 1.82) is 0 Å². The minimum Gasteiger partial charge on any atom is -0.344 e. The standard InChI is InChI=1S/C21H27N/c1-20(2,3)14-8-10-16-17-11-9-15(21(4,5)6)13-19(17)22(7)18(16)12-14/h8-13H,1-7H3. The lowest BCUT2D eigenvalue weighted by Crippen LogP contribution is -2.11. The Morgan fingerprint density at radius 2 is 1.00 bits per heavy atom. The summed E-state index contributed by atoms with van der Waals surface area (Å²) < 4.78 is 2.34. The predicted molar refractivity (Wildman–Crippen MR) is 97.8 cm³/mol. The minimum atomic E-state index is 0.182. The van der Waals surface area contributed by atoms with Crippen molar-refractivity contribution in [2.75, 3.05) is 0 Å². The second kappa shape index (κ2) is 4.62. The van der Waals surface area contributed by atoms with Crippen molar-refractivity contribution in [3.05, 3.63) is 47.5 Å². The number of fused-ring (bicyclic) bond motifs is 3. The molecule has 0 unspecified atom stereocenters. The maximum atomic E-state index is 2.35. The van der Waals surface area contributed by atoms with Crippen LogP contribution in [-0.2, 0) is 17.9 Å². The van der Waals surface area contributed by atoms with Crippen LogP contribution in [-0.4, -0.2) is 4.57 Å². The summed E-state index contributed by atoms with van der Waals surface area (Å²) in [6.07, 6.45) is 0. The number of benzene rings is 2. The second-order valence-corrected chi connectivity index (χ2v) is 8.52. The van der Waals surface area contributed by atoms with Gasteiger partial charge in [0.15, 0.2) is 0 Å². The lowest BCUT2D eigenvalue weighted by Gasteiger charge is -2.19. The zero-order chi connectivity index (χ0) is 16.3. The SMILES string of the molecule is Cn1c2cc(C(C)(C)C)ccc2c2ccc(C(C)(C)C)cc21. The van der Waals surface area contributed by atoms with Crippen molar-refractivity contribution in [2.45, 2.75) is 52.4 Å². The van der Waals surface area contributed by atoms with Crippen LogP contribution in [0.25, 0.3) is 21.8 Å². The molecule has 0 radical (unpaired) electrons. The highest BCUT2D eigenvalue weighted by molar-refractivity contribution is 6.08. The van der Waals surface area contributed by atoms with Gasteiger partial charge >= 0.3 is 0 Å². The van der Waals surface area contributed by atoms with Crippen LogP contribution in [0.1, 0.15) is 52.7 Å². The minimum absolute atomic E-state index is 0.182. The maximum Gasteiger partial charge on any atom is 0.0491 e. The fraction of sp³-hybridized carbons (Fsp3) is 0.429. The first-order valence-corrected chi connectivity index (χ1v) is 8.12. The highest BCUT2D eigenvalue weighted by Crippen LogP contribution is 2.34. The Hall–Kier alpha value is -1.76. The van der Waals surface area contributed by atoms with Crippen LogP contribution >= 0.6 is 0 Å². The monoisotopic (exact) mass is 293 g/mol. The van der Waals surface area contributed by atoms with Gasteiger partial charge in [-0.1, -0.05) is 65.8 Å². The van der Waals surface area contributed by atoms with Crippen LogP contribution < -0.4 is 0 Å². The van der Waals surface area contributed by atoms with Gasteiger partial charge in [0.05, 0.1) is 0 Å². The van der Waals surface area contributed by atoms with Crippen molar-refractivity contribution in [3.8, 4) is 0 Å². The normalized spacial score (nSPS) is 13.2. The summed E-state index contributed by atoms with van der Waals surface area (Å²) in [5.74, 6) is 0. The topological polar surface area (TPSA) is 4.93 Å². The Bertz CT molecular complexity index is 780. The zero-order valence-electron chi connectivity index (χ0n) is 14.9. The third-order valence-electron chi connectivity index (χ3n) is 4.74. The van der Waals surface area contributed by atoms with Gasteiger partial charge in [-0.25, -0.2) is 0 Å². The molecule has 1 heteroatoms. The van der Waals surface area contributed by atoms with Crippen LogP contribution in [0.5, 0.6) is 0 Å². The van der Waals surface area contributed by atoms with E-state index in [0.717, 1.165) is 0 Å². The van der Waals surface area contributed by atoms with Gasteiger partial charge in [0.25, 0.3) is 0 Å². The third-order valence-corrected chi connectivity index (χ3v) is 4.74. The highest BCUT2D eigenvalue weighted by atomic mass is 14.9. The number of rotatable bonds is 0. The molecule has 0 amide bonds. The number of aryl methyl sites for hydroxylation is 1. The van der Waals surface area contributed by atoms with Crippen LogP contribution in [0.4, 0.5) is 0 Å². The molecule has 0 aliphatic carbocycles. The molecule has 3 aromatic rings. The van der Waals surface area contributed by atoms with Gasteiger partial charge in [0.2, 0.25) is 0 Å². The number of nitrogens with zero attached hydrogens (tertiary/aromatic N) is 1. The molecule has 1 aromatic heterocycles. The highest BCUT2D eigenvalue weighted by Gasteiger charge is 2.18. The molecule has 0 saturated heterocycles. The maximum absolute atomic E-state index is 2.35.